The number of rotatable bonds is 2. The van der Waals surface area contributed by atoms with E-state index in [-0.39, 0.29) is 12.1 Å². The molecule has 0 radical (unpaired) electrons. The molecular formula is C12H16BrNO. The molecule has 2 rings (SSSR count). The number of anilines is 1. The van der Waals surface area contributed by atoms with Crippen LogP contribution < -0.4 is 5.32 Å². The average Bonchev–Trinajstić information content (AvgIpc) is 2.25. The zero-order valence-electron chi connectivity index (χ0n) is 8.62. The molecule has 2 atom stereocenters. The number of benzene rings is 1. The molecule has 0 spiro atoms. The summed E-state index contributed by atoms with van der Waals surface area (Å²) < 4.78 is 1.08. The highest BCUT2D eigenvalue weighted by Gasteiger charge is 2.22. The fraction of sp³-hybridized carbons (Fsp3) is 0.500. The standard InChI is InChI=1S/C12H16BrNO/c13-9-5-7-10(8-6-9)14-11-3-1-2-4-12(11)15/h5-8,11-12,14-15H,1-4H2/t11-,12+/m0/s1. The highest BCUT2D eigenvalue weighted by molar-refractivity contribution is 9.10. The van der Waals surface area contributed by atoms with Crippen molar-refractivity contribution < 1.29 is 5.11 Å². The third kappa shape index (κ3) is 2.95. The lowest BCUT2D eigenvalue weighted by molar-refractivity contribution is 0.116. The Morgan fingerprint density at radius 2 is 1.80 bits per heavy atom. The van der Waals surface area contributed by atoms with E-state index in [0.717, 1.165) is 29.4 Å². The molecule has 1 fully saturated rings. The van der Waals surface area contributed by atoms with Gasteiger partial charge >= 0.3 is 0 Å². The van der Waals surface area contributed by atoms with Crippen LogP contribution in [0.25, 0.3) is 0 Å². The minimum Gasteiger partial charge on any atom is -0.391 e. The van der Waals surface area contributed by atoms with E-state index in [9.17, 15) is 5.11 Å². The molecule has 0 heterocycles. The number of nitrogens with one attached hydrogen (secondary N) is 1. The molecule has 0 saturated heterocycles. The number of hydrogen-bond donors (Lipinski definition) is 2. The van der Waals surface area contributed by atoms with Crippen molar-refractivity contribution in [3.05, 3.63) is 28.7 Å². The predicted octanol–water partition coefficient (Wildman–Crippen LogP) is 3.16. The smallest absolute Gasteiger partial charge is 0.0741 e. The van der Waals surface area contributed by atoms with Crippen LogP contribution in [0.2, 0.25) is 0 Å². The van der Waals surface area contributed by atoms with Crippen LogP contribution in [0.4, 0.5) is 5.69 Å². The summed E-state index contributed by atoms with van der Waals surface area (Å²) in [5.74, 6) is 0. The van der Waals surface area contributed by atoms with Crippen LogP contribution in [0.5, 0.6) is 0 Å². The Balaban J connectivity index is 1.98. The normalized spacial score (nSPS) is 26.3. The second-order valence-electron chi connectivity index (χ2n) is 4.11. The maximum absolute atomic E-state index is 9.81. The highest BCUT2D eigenvalue weighted by Crippen LogP contribution is 2.23. The summed E-state index contributed by atoms with van der Waals surface area (Å²) in [6.45, 7) is 0. The van der Waals surface area contributed by atoms with Gasteiger partial charge in [0.05, 0.1) is 12.1 Å². The fourth-order valence-electron chi connectivity index (χ4n) is 2.04. The topological polar surface area (TPSA) is 32.3 Å². The van der Waals surface area contributed by atoms with E-state index < -0.39 is 0 Å². The van der Waals surface area contributed by atoms with Crippen LogP contribution in [0, 0.1) is 0 Å². The summed E-state index contributed by atoms with van der Waals surface area (Å²) >= 11 is 3.41. The van der Waals surface area contributed by atoms with Gasteiger partial charge in [0.2, 0.25) is 0 Å². The lowest BCUT2D eigenvalue weighted by atomic mass is 9.92. The van der Waals surface area contributed by atoms with E-state index in [1.165, 1.54) is 6.42 Å². The van der Waals surface area contributed by atoms with E-state index >= 15 is 0 Å². The van der Waals surface area contributed by atoms with Gasteiger partial charge in [-0.3, -0.25) is 0 Å². The zero-order chi connectivity index (χ0) is 10.7. The first-order valence-corrected chi connectivity index (χ1v) is 6.25. The van der Waals surface area contributed by atoms with Crippen molar-refractivity contribution in [3.63, 3.8) is 0 Å². The van der Waals surface area contributed by atoms with Crippen LogP contribution in [0.1, 0.15) is 25.7 Å². The van der Waals surface area contributed by atoms with E-state index in [4.69, 9.17) is 0 Å². The van der Waals surface area contributed by atoms with Crippen LogP contribution in [0.3, 0.4) is 0 Å². The molecule has 1 aromatic carbocycles. The van der Waals surface area contributed by atoms with Crippen molar-refractivity contribution in [3.8, 4) is 0 Å². The van der Waals surface area contributed by atoms with Gasteiger partial charge in [0.15, 0.2) is 0 Å². The van der Waals surface area contributed by atoms with Crippen molar-refractivity contribution in [1.82, 2.24) is 0 Å². The van der Waals surface area contributed by atoms with Gasteiger partial charge < -0.3 is 10.4 Å². The maximum atomic E-state index is 9.81. The number of halogens is 1. The van der Waals surface area contributed by atoms with Gasteiger partial charge in [0.25, 0.3) is 0 Å². The van der Waals surface area contributed by atoms with E-state index in [1.807, 2.05) is 24.3 Å². The van der Waals surface area contributed by atoms with E-state index in [2.05, 4.69) is 21.2 Å². The van der Waals surface area contributed by atoms with Crippen molar-refractivity contribution in [2.24, 2.45) is 0 Å². The second kappa shape index (κ2) is 4.99. The summed E-state index contributed by atoms with van der Waals surface area (Å²) in [6, 6.07) is 8.31. The first-order valence-electron chi connectivity index (χ1n) is 5.46. The molecule has 1 saturated carbocycles. The second-order valence-corrected chi connectivity index (χ2v) is 5.03. The van der Waals surface area contributed by atoms with Gasteiger partial charge in [0, 0.05) is 10.2 Å². The van der Waals surface area contributed by atoms with Crippen LogP contribution in [0.15, 0.2) is 28.7 Å². The Morgan fingerprint density at radius 1 is 1.13 bits per heavy atom. The molecule has 2 N–H and O–H groups in total. The largest absolute Gasteiger partial charge is 0.391 e. The molecule has 15 heavy (non-hydrogen) atoms. The zero-order valence-corrected chi connectivity index (χ0v) is 10.2. The van der Waals surface area contributed by atoms with Crippen LogP contribution >= 0.6 is 15.9 Å². The van der Waals surface area contributed by atoms with Gasteiger partial charge in [-0.05, 0) is 37.1 Å². The SMILES string of the molecule is O[C@@H]1CCCC[C@@H]1Nc1ccc(Br)cc1. The Morgan fingerprint density at radius 3 is 2.47 bits per heavy atom. The molecule has 1 aromatic rings. The van der Waals surface area contributed by atoms with Crippen LogP contribution in [-0.4, -0.2) is 17.3 Å². The molecule has 0 bridgehead atoms. The summed E-state index contributed by atoms with van der Waals surface area (Å²) in [6.07, 6.45) is 4.17. The van der Waals surface area contributed by atoms with Gasteiger partial charge in [0.1, 0.15) is 0 Å². The number of hydrogen-bond acceptors (Lipinski definition) is 2. The molecule has 0 aromatic heterocycles. The third-order valence-electron chi connectivity index (χ3n) is 2.93. The quantitative estimate of drug-likeness (QED) is 0.865. The predicted molar refractivity (Wildman–Crippen MR) is 66.0 cm³/mol. The summed E-state index contributed by atoms with van der Waals surface area (Å²) in [7, 11) is 0. The Bertz CT molecular complexity index is 312. The third-order valence-corrected chi connectivity index (χ3v) is 3.45. The summed E-state index contributed by atoms with van der Waals surface area (Å²) in [5.41, 5.74) is 1.09. The van der Waals surface area contributed by atoms with Gasteiger partial charge in [-0.2, -0.15) is 0 Å². The highest BCUT2D eigenvalue weighted by atomic mass is 79.9. The van der Waals surface area contributed by atoms with E-state index in [1.54, 1.807) is 0 Å². The first-order chi connectivity index (χ1) is 7.25. The number of aliphatic hydroxyl groups excluding tert-OH is 1. The molecule has 1 aliphatic rings. The Kier molecular flexibility index (Phi) is 3.65. The fourth-order valence-corrected chi connectivity index (χ4v) is 2.30. The Labute approximate surface area is 98.8 Å². The van der Waals surface area contributed by atoms with Crippen LogP contribution in [-0.2, 0) is 0 Å². The molecule has 3 heteroatoms. The first kappa shape index (κ1) is 11.0. The van der Waals surface area contributed by atoms with Gasteiger partial charge in [-0.1, -0.05) is 28.8 Å². The lowest BCUT2D eigenvalue weighted by Crippen LogP contribution is -2.36. The van der Waals surface area contributed by atoms with Gasteiger partial charge in [-0.25, -0.2) is 0 Å². The molecule has 0 aliphatic heterocycles. The molecule has 1 aliphatic carbocycles. The van der Waals surface area contributed by atoms with Crippen molar-refractivity contribution in [2.45, 2.75) is 37.8 Å². The minimum absolute atomic E-state index is 0.192. The average molecular weight is 270 g/mol. The number of aliphatic hydroxyl groups is 1. The summed E-state index contributed by atoms with van der Waals surface area (Å²) in [4.78, 5) is 0. The van der Waals surface area contributed by atoms with Crippen molar-refractivity contribution in [2.75, 3.05) is 5.32 Å². The molecular weight excluding hydrogens is 254 g/mol. The van der Waals surface area contributed by atoms with E-state index in [0.29, 0.717) is 0 Å². The van der Waals surface area contributed by atoms with Crippen molar-refractivity contribution in [1.29, 1.82) is 0 Å². The minimum atomic E-state index is -0.192. The van der Waals surface area contributed by atoms with Gasteiger partial charge in [-0.15, -0.1) is 0 Å². The molecule has 0 amide bonds. The summed E-state index contributed by atoms with van der Waals surface area (Å²) in [5, 5.41) is 13.2. The maximum Gasteiger partial charge on any atom is 0.0741 e. The molecule has 82 valence electrons. The lowest BCUT2D eigenvalue weighted by Gasteiger charge is -2.29. The Hall–Kier alpha value is -0.540. The van der Waals surface area contributed by atoms with Crippen molar-refractivity contribution >= 4 is 21.6 Å². The molecule has 2 nitrogen and oxygen atoms in total. The monoisotopic (exact) mass is 269 g/mol. The molecule has 0 unspecified atom stereocenters.